The minimum absolute atomic E-state index is 0.0134. The van der Waals surface area contributed by atoms with Crippen LogP contribution in [0.3, 0.4) is 0 Å². The van der Waals surface area contributed by atoms with Crippen LogP contribution in [0.15, 0.2) is 24.3 Å². The highest BCUT2D eigenvalue weighted by Crippen LogP contribution is 2.34. The number of urea groups is 1. The predicted octanol–water partition coefficient (Wildman–Crippen LogP) is 2.33. The van der Waals surface area contributed by atoms with Crippen LogP contribution in [-0.4, -0.2) is 35.7 Å². The minimum atomic E-state index is 0.0134. The quantitative estimate of drug-likeness (QED) is 0.877. The Morgan fingerprint density at radius 3 is 2.95 bits per heavy atom. The third-order valence-corrected chi connectivity index (χ3v) is 4.94. The molecule has 1 heterocycles. The largest absolute Gasteiger partial charge is 0.396 e. The van der Waals surface area contributed by atoms with Crippen LogP contribution in [0.4, 0.5) is 4.79 Å². The molecule has 4 heteroatoms. The zero-order valence-electron chi connectivity index (χ0n) is 12.6. The van der Waals surface area contributed by atoms with Gasteiger partial charge in [0, 0.05) is 25.6 Å². The van der Waals surface area contributed by atoms with Gasteiger partial charge in [0.2, 0.25) is 0 Å². The average molecular weight is 288 g/mol. The molecule has 0 saturated carbocycles. The Balaban J connectivity index is 1.71. The molecule has 0 spiro atoms. The highest BCUT2D eigenvalue weighted by Gasteiger charge is 2.31. The van der Waals surface area contributed by atoms with E-state index in [1.165, 1.54) is 11.1 Å². The first-order valence-corrected chi connectivity index (χ1v) is 7.93. The lowest BCUT2D eigenvalue weighted by molar-refractivity contribution is 0.189. The number of nitrogens with zero attached hydrogens (tertiary/aromatic N) is 1. The van der Waals surface area contributed by atoms with Crippen molar-refractivity contribution in [2.45, 2.75) is 32.2 Å². The molecular formula is C17H24N2O2. The molecule has 2 N–H and O–H groups in total. The van der Waals surface area contributed by atoms with Gasteiger partial charge in [-0.25, -0.2) is 4.79 Å². The summed E-state index contributed by atoms with van der Waals surface area (Å²) in [6.07, 6.45) is 3.11. The fourth-order valence-corrected chi connectivity index (χ4v) is 3.53. The summed E-state index contributed by atoms with van der Waals surface area (Å²) >= 11 is 0. The third kappa shape index (κ3) is 2.91. The van der Waals surface area contributed by atoms with Crippen LogP contribution in [0.25, 0.3) is 0 Å². The first kappa shape index (κ1) is 14.4. The maximum absolute atomic E-state index is 12.5. The van der Waals surface area contributed by atoms with Gasteiger partial charge in [0.05, 0.1) is 6.04 Å². The van der Waals surface area contributed by atoms with Crippen molar-refractivity contribution in [1.29, 1.82) is 0 Å². The van der Waals surface area contributed by atoms with E-state index < -0.39 is 0 Å². The van der Waals surface area contributed by atoms with E-state index in [2.05, 4.69) is 30.4 Å². The van der Waals surface area contributed by atoms with Crippen LogP contribution in [0.2, 0.25) is 0 Å². The molecule has 0 bridgehead atoms. The minimum Gasteiger partial charge on any atom is -0.396 e. The van der Waals surface area contributed by atoms with Gasteiger partial charge in [0.15, 0.2) is 0 Å². The number of aliphatic hydroxyl groups is 1. The van der Waals surface area contributed by atoms with Gasteiger partial charge in [-0.1, -0.05) is 31.2 Å². The highest BCUT2D eigenvalue weighted by molar-refractivity contribution is 5.75. The first-order chi connectivity index (χ1) is 10.2. The molecule has 1 saturated heterocycles. The molecule has 1 aromatic rings. The van der Waals surface area contributed by atoms with Gasteiger partial charge in [0.25, 0.3) is 0 Å². The number of nitrogens with one attached hydrogen (secondary N) is 1. The number of carbonyl (C=O) groups excluding carboxylic acids is 1. The number of aryl methyl sites for hydroxylation is 1. The summed E-state index contributed by atoms with van der Waals surface area (Å²) in [5, 5.41) is 12.4. The lowest BCUT2D eigenvalue weighted by Gasteiger charge is -2.33. The second-order valence-corrected chi connectivity index (χ2v) is 6.43. The molecule has 1 aromatic carbocycles. The normalized spacial score (nSPS) is 28.3. The summed E-state index contributed by atoms with van der Waals surface area (Å²) in [6, 6.07) is 8.54. The van der Waals surface area contributed by atoms with Crippen molar-refractivity contribution in [2.24, 2.45) is 11.8 Å². The van der Waals surface area contributed by atoms with E-state index in [0.717, 1.165) is 25.8 Å². The highest BCUT2D eigenvalue weighted by atomic mass is 16.3. The van der Waals surface area contributed by atoms with Crippen molar-refractivity contribution in [3.63, 3.8) is 0 Å². The Morgan fingerprint density at radius 2 is 2.19 bits per heavy atom. The number of amides is 2. The number of rotatable bonds is 2. The predicted molar refractivity (Wildman–Crippen MR) is 82.0 cm³/mol. The zero-order valence-corrected chi connectivity index (χ0v) is 12.6. The maximum atomic E-state index is 12.5. The topological polar surface area (TPSA) is 52.6 Å². The molecule has 3 rings (SSSR count). The van der Waals surface area contributed by atoms with Gasteiger partial charge in [0.1, 0.15) is 0 Å². The summed E-state index contributed by atoms with van der Waals surface area (Å²) in [7, 11) is 0. The lowest BCUT2D eigenvalue weighted by atomic mass is 9.81. The first-order valence-electron chi connectivity index (χ1n) is 7.93. The molecule has 114 valence electrons. The van der Waals surface area contributed by atoms with Gasteiger partial charge in [-0.15, -0.1) is 0 Å². The molecule has 0 aromatic heterocycles. The second kappa shape index (κ2) is 6.06. The Bertz CT molecular complexity index is 517. The molecule has 3 atom stereocenters. The molecule has 2 aliphatic rings. The van der Waals surface area contributed by atoms with Gasteiger partial charge in [-0.05, 0) is 36.3 Å². The van der Waals surface area contributed by atoms with Crippen molar-refractivity contribution < 1.29 is 9.90 Å². The third-order valence-electron chi connectivity index (χ3n) is 4.94. The van der Waals surface area contributed by atoms with Crippen molar-refractivity contribution >= 4 is 6.03 Å². The van der Waals surface area contributed by atoms with Crippen LogP contribution < -0.4 is 5.32 Å². The van der Waals surface area contributed by atoms with E-state index in [1.807, 2.05) is 11.0 Å². The number of fused-ring (bicyclic) bond motifs is 1. The monoisotopic (exact) mass is 288 g/mol. The summed E-state index contributed by atoms with van der Waals surface area (Å²) in [6.45, 7) is 3.80. The molecule has 1 aliphatic heterocycles. The smallest absolute Gasteiger partial charge is 0.317 e. The molecule has 0 radical (unpaired) electrons. The van der Waals surface area contributed by atoms with E-state index in [4.69, 9.17) is 0 Å². The second-order valence-electron chi connectivity index (χ2n) is 6.43. The number of hydrogen-bond acceptors (Lipinski definition) is 2. The zero-order chi connectivity index (χ0) is 14.8. The van der Waals surface area contributed by atoms with E-state index in [-0.39, 0.29) is 24.6 Å². The van der Waals surface area contributed by atoms with Crippen molar-refractivity contribution in [2.75, 3.05) is 19.7 Å². The van der Waals surface area contributed by atoms with Crippen LogP contribution in [0.1, 0.15) is 36.9 Å². The Hall–Kier alpha value is -1.55. The van der Waals surface area contributed by atoms with E-state index >= 15 is 0 Å². The van der Waals surface area contributed by atoms with Gasteiger partial charge < -0.3 is 15.3 Å². The fraction of sp³-hybridized carbons (Fsp3) is 0.588. The van der Waals surface area contributed by atoms with Crippen molar-refractivity contribution in [3.8, 4) is 0 Å². The molecule has 4 nitrogen and oxygen atoms in total. The number of benzene rings is 1. The SMILES string of the molecule is CC1CCc2ccccc2C1NC(=O)N1CCC(CO)C1. The Kier molecular flexibility index (Phi) is 4.15. The van der Waals surface area contributed by atoms with Crippen LogP contribution >= 0.6 is 0 Å². The van der Waals surface area contributed by atoms with Gasteiger partial charge in [-0.3, -0.25) is 0 Å². The number of hydrogen-bond donors (Lipinski definition) is 2. The molecule has 1 aliphatic carbocycles. The molecule has 21 heavy (non-hydrogen) atoms. The van der Waals surface area contributed by atoms with Crippen molar-refractivity contribution in [3.05, 3.63) is 35.4 Å². The van der Waals surface area contributed by atoms with Gasteiger partial charge >= 0.3 is 6.03 Å². The Labute approximate surface area is 126 Å². The average Bonchev–Trinajstić information content (AvgIpc) is 2.99. The number of aliphatic hydroxyl groups excluding tert-OH is 1. The van der Waals surface area contributed by atoms with E-state index in [0.29, 0.717) is 12.5 Å². The summed E-state index contributed by atoms with van der Waals surface area (Å²) in [5.74, 6) is 0.701. The van der Waals surface area contributed by atoms with E-state index in [1.54, 1.807) is 0 Å². The summed E-state index contributed by atoms with van der Waals surface area (Å²) in [5.41, 5.74) is 2.62. The number of likely N-dealkylation sites (tertiary alicyclic amines) is 1. The number of carbonyl (C=O) groups is 1. The van der Waals surface area contributed by atoms with Gasteiger partial charge in [-0.2, -0.15) is 0 Å². The Morgan fingerprint density at radius 1 is 1.38 bits per heavy atom. The maximum Gasteiger partial charge on any atom is 0.317 e. The summed E-state index contributed by atoms with van der Waals surface area (Å²) < 4.78 is 0. The van der Waals surface area contributed by atoms with E-state index in [9.17, 15) is 9.90 Å². The summed E-state index contributed by atoms with van der Waals surface area (Å²) in [4.78, 5) is 14.3. The molecule has 3 unspecified atom stereocenters. The van der Waals surface area contributed by atoms with Crippen LogP contribution in [0, 0.1) is 11.8 Å². The van der Waals surface area contributed by atoms with Crippen LogP contribution in [0.5, 0.6) is 0 Å². The van der Waals surface area contributed by atoms with Crippen molar-refractivity contribution in [1.82, 2.24) is 10.2 Å². The fourth-order valence-electron chi connectivity index (χ4n) is 3.53. The van der Waals surface area contributed by atoms with Crippen LogP contribution in [-0.2, 0) is 6.42 Å². The molecule has 2 amide bonds. The standard InChI is InChI=1S/C17H24N2O2/c1-12-6-7-14-4-2-3-5-15(14)16(12)18-17(21)19-9-8-13(10-19)11-20/h2-5,12-13,16,20H,6-11H2,1H3,(H,18,21). The molecule has 1 fully saturated rings. The lowest BCUT2D eigenvalue weighted by Crippen LogP contribution is -2.43. The molecular weight excluding hydrogens is 264 g/mol.